The Morgan fingerprint density at radius 2 is 1.49 bits per heavy atom. The van der Waals surface area contributed by atoms with E-state index < -0.39 is 22.0 Å². The lowest BCUT2D eigenvalue weighted by Gasteiger charge is -2.57. The number of sulfonamides is 1. The van der Waals surface area contributed by atoms with Crippen LogP contribution in [0.1, 0.15) is 76.8 Å². The lowest BCUT2D eigenvalue weighted by molar-refractivity contribution is -0.139. The molecule has 222 valence electrons. The van der Waals surface area contributed by atoms with Crippen LogP contribution in [-0.4, -0.2) is 50.0 Å². The fraction of sp³-hybridized carbons (Fsp3) is 0.576. The molecule has 2 atom stereocenters. The highest BCUT2D eigenvalue weighted by Gasteiger charge is 2.51. The molecule has 2 amide bonds. The van der Waals surface area contributed by atoms with Gasteiger partial charge in [-0.15, -0.1) is 0 Å². The zero-order chi connectivity index (χ0) is 29.4. The van der Waals surface area contributed by atoms with Crippen molar-refractivity contribution in [3.63, 3.8) is 0 Å². The number of rotatable bonds is 11. The Balaban J connectivity index is 1.37. The van der Waals surface area contributed by atoms with Crippen LogP contribution in [-0.2, 0) is 31.6 Å². The Kier molecular flexibility index (Phi) is 8.51. The molecule has 41 heavy (non-hydrogen) atoms. The maximum atomic E-state index is 13.8. The van der Waals surface area contributed by atoms with E-state index >= 15 is 0 Å². The topological polar surface area (TPSA) is 86.8 Å². The average molecular weight is 580 g/mol. The molecular weight excluding hydrogens is 534 g/mol. The fourth-order valence-electron chi connectivity index (χ4n) is 7.89. The van der Waals surface area contributed by atoms with Crippen molar-refractivity contribution in [1.29, 1.82) is 0 Å². The third-order valence-electron chi connectivity index (χ3n) is 9.85. The van der Waals surface area contributed by atoms with Gasteiger partial charge in [0.25, 0.3) is 0 Å². The Morgan fingerprint density at radius 3 is 2.00 bits per heavy atom. The summed E-state index contributed by atoms with van der Waals surface area (Å²) in [6.45, 7) is 5.44. The summed E-state index contributed by atoms with van der Waals surface area (Å²) in [7, 11) is -3.76. The number of amides is 2. The summed E-state index contributed by atoms with van der Waals surface area (Å²) >= 11 is 0. The van der Waals surface area contributed by atoms with Crippen molar-refractivity contribution >= 4 is 27.5 Å². The second-order valence-electron chi connectivity index (χ2n) is 13.0. The second-order valence-corrected chi connectivity index (χ2v) is 14.9. The predicted octanol–water partition coefficient (Wildman–Crippen LogP) is 5.25. The summed E-state index contributed by atoms with van der Waals surface area (Å²) in [4.78, 5) is 28.4. The maximum absolute atomic E-state index is 13.8. The minimum atomic E-state index is -3.76. The molecule has 0 aliphatic heterocycles. The zero-order valence-electron chi connectivity index (χ0n) is 24.9. The van der Waals surface area contributed by atoms with Gasteiger partial charge in [0.05, 0.1) is 11.9 Å². The van der Waals surface area contributed by atoms with E-state index in [0.29, 0.717) is 5.69 Å². The van der Waals surface area contributed by atoms with Crippen molar-refractivity contribution in [2.75, 3.05) is 17.1 Å². The Hall–Kier alpha value is -2.87. The quantitative estimate of drug-likeness (QED) is 0.394. The largest absolute Gasteiger partial charge is 0.352 e. The van der Waals surface area contributed by atoms with Crippen molar-refractivity contribution < 1.29 is 18.0 Å². The van der Waals surface area contributed by atoms with Crippen molar-refractivity contribution in [2.24, 2.45) is 17.8 Å². The van der Waals surface area contributed by atoms with Crippen LogP contribution in [0.4, 0.5) is 5.69 Å². The van der Waals surface area contributed by atoms with Crippen LogP contribution in [0.25, 0.3) is 0 Å². The van der Waals surface area contributed by atoms with Crippen LogP contribution >= 0.6 is 0 Å². The summed E-state index contributed by atoms with van der Waals surface area (Å²) in [6.07, 6.45) is 9.71. The van der Waals surface area contributed by atoms with E-state index in [1.54, 1.807) is 6.92 Å². The van der Waals surface area contributed by atoms with Gasteiger partial charge in [-0.2, -0.15) is 0 Å². The molecule has 0 unspecified atom stereocenters. The smallest absolute Gasteiger partial charge is 0.244 e. The Morgan fingerprint density at radius 1 is 0.927 bits per heavy atom. The third kappa shape index (κ3) is 6.47. The monoisotopic (exact) mass is 579 g/mol. The van der Waals surface area contributed by atoms with E-state index in [4.69, 9.17) is 0 Å². The molecule has 8 heteroatoms. The summed E-state index contributed by atoms with van der Waals surface area (Å²) in [6, 6.07) is 16.6. The molecule has 6 rings (SSSR count). The van der Waals surface area contributed by atoms with E-state index in [0.717, 1.165) is 36.0 Å². The number of benzene rings is 2. The lowest BCUT2D eigenvalue weighted by Crippen LogP contribution is -2.52. The van der Waals surface area contributed by atoms with Crippen LogP contribution in [0, 0.1) is 17.8 Å². The molecule has 0 spiro atoms. The first-order valence-electron chi connectivity index (χ1n) is 15.2. The van der Waals surface area contributed by atoms with Gasteiger partial charge in [0.15, 0.2) is 0 Å². The lowest BCUT2D eigenvalue weighted by atomic mass is 9.48. The summed E-state index contributed by atoms with van der Waals surface area (Å²) in [5.41, 5.74) is 2.87. The van der Waals surface area contributed by atoms with Crippen LogP contribution in [0.5, 0.6) is 0 Å². The van der Waals surface area contributed by atoms with Crippen molar-refractivity contribution in [1.82, 2.24) is 10.2 Å². The van der Waals surface area contributed by atoms with Gasteiger partial charge < -0.3 is 10.2 Å². The molecule has 0 radical (unpaired) electrons. The molecule has 4 aliphatic carbocycles. The average Bonchev–Trinajstić information content (AvgIpc) is 2.93. The minimum Gasteiger partial charge on any atom is -0.352 e. The van der Waals surface area contributed by atoms with Gasteiger partial charge >= 0.3 is 0 Å². The molecule has 4 bridgehead atoms. The number of anilines is 1. The summed E-state index contributed by atoms with van der Waals surface area (Å²) < 4.78 is 27.2. The van der Waals surface area contributed by atoms with E-state index in [2.05, 4.69) is 17.4 Å². The van der Waals surface area contributed by atoms with Crippen molar-refractivity contribution in [2.45, 2.75) is 89.8 Å². The standard InChI is InChI=1S/C33H45N3O4S/c1-5-23(2)34-32(38)24(3)35(21-25-9-7-6-8-10-25)31(37)22-36(41(4,39)40)30-13-11-29(12-14-30)33-18-26-15-27(19-33)17-28(16-26)20-33/h6-14,23-24,26-28H,5,15-22H2,1-4H3,(H,34,38)/t23-,24+,26?,27?,28?,33?/m0/s1. The molecular formula is C33H45N3O4S. The molecule has 0 aromatic heterocycles. The first-order chi connectivity index (χ1) is 19.5. The van der Waals surface area contributed by atoms with Crippen molar-refractivity contribution in [3.05, 3.63) is 65.7 Å². The third-order valence-corrected chi connectivity index (χ3v) is 11.0. The highest BCUT2D eigenvalue weighted by molar-refractivity contribution is 7.92. The van der Waals surface area contributed by atoms with E-state index in [9.17, 15) is 18.0 Å². The first kappa shape index (κ1) is 29.6. The Bertz CT molecular complexity index is 1310. The number of nitrogens with one attached hydrogen (secondary N) is 1. The van der Waals surface area contributed by atoms with Gasteiger partial charge in [-0.3, -0.25) is 13.9 Å². The molecule has 4 fully saturated rings. The van der Waals surface area contributed by atoms with Crippen LogP contribution < -0.4 is 9.62 Å². The predicted molar refractivity (Wildman–Crippen MR) is 163 cm³/mol. The van der Waals surface area contributed by atoms with Crippen LogP contribution in [0.15, 0.2) is 54.6 Å². The highest BCUT2D eigenvalue weighted by Crippen LogP contribution is 2.60. The van der Waals surface area contributed by atoms with E-state index in [1.807, 2.05) is 56.3 Å². The first-order valence-corrected chi connectivity index (χ1v) is 17.0. The van der Waals surface area contributed by atoms with Gasteiger partial charge in [-0.1, -0.05) is 49.4 Å². The van der Waals surface area contributed by atoms with Gasteiger partial charge in [0, 0.05) is 12.6 Å². The molecule has 7 nitrogen and oxygen atoms in total. The number of hydrogen-bond acceptors (Lipinski definition) is 4. The minimum absolute atomic E-state index is 0.0290. The Labute approximate surface area is 245 Å². The number of hydrogen-bond donors (Lipinski definition) is 1. The van der Waals surface area contributed by atoms with E-state index in [-0.39, 0.29) is 30.5 Å². The van der Waals surface area contributed by atoms with Crippen LogP contribution in [0.3, 0.4) is 0 Å². The normalized spacial score (nSPS) is 26.3. The number of carbonyl (C=O) groups is 2. The fourth-order valence-corrected chi connectivity index (χ4v) is 8.74. The second kappa shape index (κ2) is 11.8. The maximum Gasteiger partial charge on any atom is 0.244 e. The molecule has 0 heterocycles. The van der Waals surface area contributed by atoms with Gasteiger partial charge in [0.1, 0.15) is 12.6 Å². The SMILES string of the molecule is CC[C@H](C)NC(=O)[C@@H](C)N(Cc1ccccc1)C(=O)CN(c1ccc(C23CC4CC(CC(C4)C2)C3)cc1)S(C)(=O)=O. The van der Waals surface area contributed by atoms with E-state index in [1.165, 1.54) is 53.3 Å². The van der Waals surface area contributed by atoms with Gasteiger partial charge in [0.2, 0.25) is 21.8 Å². The van der Waals surface area contributed by atoms with Crippen molar-refractivity contribution in [3.8, 4) is 0 Å². The molecule has 1 N–H and O–H groups in total. The molecule has 2 aromatic carbocycles. The van der Waals surface area contributed by atoms with Gasteiger partial charge in [-0.25, -0.2) is 8.42 Å². The molecule has 4 saturated carbocycles. The number of nitrogens with zero attached hydrogens (tertiary/aromatic N) is 2. The molecule has 4 aliphatic rings. The summed E-state index contributed by atoms with van der Waals surface area (Å²) in [5, 5.41) is 2.96. The van der Waals surface area contributed by atoms with Crippen LogP contribution in [0.2, 0.25) is 0 Å². The zero-order valence-corrected chi connectivity index (χ0v) is 25.7. The van der Waals surface area contributed by atoms with Gasteiger partial charge in [-0.05, 0) is 105 Å². The highest BCUT2D eigenvalue weighted by atomic mass is 32.2. The summed E-state index contributed by atoms with van der Waals surface area (Å²) in [5.74, 6) is 1.79. The molecule has 0 saturated heterocycles. The molecule has 2 aromatic rings. The number of carbonyl (C=O) groups excluding carboxylic acids is 2.